The number of halogens is 1. The van der Waals surface area contributed by atoms with E-state index in [-0.39, 0.29) is 17.5 Å². The summed E-state index contributed by atoms with van der Waals surface area (Å²) in [4.78, 5) is 17.3. The molecule has 3 aliphatic rings. The quantitative estimate of drug-likeness (QED) is 0.581. The Hall–Kier alpha value is -3.15. The topological polar surface area (TPSA) is 142 Å². The number of nitrogens with zero attached hydrogens (tertiary/aromatic N) is 4. The van der Waals surface area contributed by atoms with Crippen molar-refractivity contribution < 1.29 is 17.5 Å². The number of anilines is 1. The van der Waals surface area contributed by atoms with Crippen LogP contribution in [0.25, 0.3) is 11.0 Å². The Morgan fingerprint density at radius 3 is 2.69 bits per heavy atom. The van der Waals surface area contributed by atoms with Crippen molar-refractivity contribution in [3.8, 4) is 5.88 Å². The first-order valence-electron chi connectivity index (χ1n) is 11.5. The summed E-state index contributed by atoms with van der Waals surface area (Å²) in [5, 5.41) is 14.9. The number of ether oxygens (including phenoxy) is 1. The largest absolute Gasteiger partial charge is 0.480 e. The SMILES string of the molecule is COc1cnc2c(NC3=NC=C(F)C([C@]4(C)CS(=O)(=O)[C@@](C)(C5CC5)C(=N)N4)C3C)nccc2n1. The number of hydrogen-bond acceptors (Lipinski definition) is 9. The fourth-order valence-electron chi connectivity index (χ4n) is 5.37. The van der Waals surface area contributed by atoms with Crippen molar-refractivity contribution in [2.24, 2.45) is 22.7 Å². The Bertz CT molecular complexity index is 1390. The third-order valence-corrected chi connectivity index (χ3v) is 10.3. The van der Waals surface area contributed by atoms with E-state index in [2.05, 4.69) is 30.6 Å². The van der Waals surface area contributed by atoms with Crippen molar-refractivity contribution in [1.82, 2.24) is 20.3 Å². The lowest BCUT2D eigenvalue weighted by Gasteiger charge is -2.49. The van der Waals surface area contributed by atoms with Gasteiger partial charge in [-0.3, -0.25) is 5.41 Å². The molecule has 4 heterocycles. The van der Waals surface area contributed by atoms with Crippen molar-refractivity contribution in [1.29, 1.82) is 5.41 Å². The monoisotopic (exact) mass is 501 g/mol. The molecule has 35 heavy (non-hydrogen) atoms. The summed E-state index contributed by atoms with van der Waals surface area (Å²) in [6.07, 6.45) is 5.70. The predicted molar refractivity (Wildman–Crippen MR) is 131 cm³/mol. The average Bonchev–Trinajstić information content (AvgIpc) is 3.64. The highest BCUT2D eigenvalue weighted by Gasteiger charge is 2.62. The molecule has 5 rings (SSSR count). The van der Waals surface area contributed by atoms with Gasteiger partial charge in [0.25, 0.3) is 0 Å². The summed E-state index contributed by atoms with van der Waals surface area (Å²) in [6.45, 7) is 5.06. The Morgan fingerprint density at radius 2 is 2.03 bits per heavy atom. The molecule has 2 aromatic rings. The van der Waals surface area contributed by atoms with E-state index in [9.17, 15) is 8.42 Å². The van der Waals surface area contributed by atoms with Crippen LogP contribution in [0.2, 0.25) is 0 Å². The van der Waals surface area contributed by atoms with E-state index in [1.165, 1.54) is 13.3 Å². The molecule has 3 N–H and O–H groups in total. The standard InChI is InChI=1S/C23H28FN7O3S/c1-12-17(22(2)11-35(32,33)23(3,13-5-6-13)21(25)31-22)14(24)9-28-19(12)30-20-18-15(7-8-26-20)29-16(34-4)10-27-18/h7-10,12-13,17H,5-6,11H2,1-4H3,(H2,25,31)(H,26,28,30)/t12?,17?,22-,23-/m0/s1. The Morgan fingerprint density at radius 1 is 1.29 bits per heavy atom. The lowest BCUT2D eigenvalue weighted by molar-refractivity contribution is 0.238. The van der Waals surface area contributed by atoms with Gasteiger partial charge in [0.05, 0.1) is 36.3 Å². The molecule has 2 aliphatic heterocycles. The fraction of sp³-hybridized carbons (Fsp3) is 0.522. The molecule has 2 fully saturated rings. The van der Waals surface area contributed by atoms with Gasteiger partial charge in [-0.2, -0.15) is 0 Å². The number of aromatic nitrogens is 3. The Kier molecular flexibility index (Phi) is 5.35. The molecule has 10 nitrogen and oxygen atoms in total. The molecule has 12 heteroatoms. The molecule has 0 bridgehead atoms. The van der Waals surface area contributed by atoms with Crippen LogP contribution < -0.4 is 15.4 Å². The van der Waals surface area contributed by atoms with Gasteiger partial charge in [0, 0.05) is 18.0 Å². The number of amidine groups is 2. The number of pyridine rings is 1. The number of fused-ring (bicyclic) bond motifs is 1. The molecule has 2 unspecified atom stereocenters. The van der Waals surface area contributed by atoms with Crippen LogP contribution >= 0.6 is 0 Å². The highest BCUT2D eigenvalue weighted by Crippen LogP contribution is 2.49. The molecule has 0 amide bonds. The fourth-order valence-corrected chi connectivity index (χ4v) is 7.82. The van der Waals surface area contributed by atoms with Crippen molar-refractivity contribution in [2.75, 3.05) is 18.2 Å². The maximum atomic E-state index is 15.3. The summed E-state index contributed by atoms with van der Waals surface area (Å²) >= 11 is 0. The van der Waals surface area contributed by atoms with Crippen LogP contribution in [0.1, 0.15) is 33.6 Å². The molecule has 1 saturated carbocycles. The zero-order valence-electron chi connectivity index (χ0n) is 20.0. The van der Waals surface area contributed by atoms with Crippen LogP contribution in [0, 0.1) is 23.2 Å². The summed E-state index contributed by atoms with van der Waals surface area (Å²) in [7, 11) is -2.21. The second kappa shape index (κ2) is 7.94. The maximum Gasteiger partial charge on any atom is 0.232 e. The maximum absolute atomic E-state index is 15.3. The Balaban J connectivity index is 1.46. The van der Waals surface area contributed by atoms with Gasteiger partial charge in [-0.25, -0.2) is 32.8 Å². The van der Waals surface area contributed by atoms with Gasteiger partial charge in [-0.1, -0.05) is 6.92 Å². The van der Waals surface area contributed by atoms with Gasteiger partial charge in [-0.05, 0) is 38.7 Å². The van der Waals surface area contributed by atoms with Crippen LogP contribution in [0.15, 0.2) is 35.5 Å². The van der Waals surface area contributed by atoms with E-state index in [4.69, 9.17) is 10.1 Å². The van der Waals surface area contributed by atoms with E-state index in [1.807, 2.05) is 0 Å². The predicted octanol–water partition coefficient (Wildman–Crippen LogP) is 2.84. The molecular formula is C23H28FN7O3S. The Labute approximate surface area is 202 Å². The number of aliphatic imine (C=N–C) groups is 1. The zero-order valence-corrected chi connectivity index (χ0v) is 20.8. The van der Waals surface area contributed by atoms with Crippen molar-refractivity contribution in [2.45, 2.75) is 43.9 Å². The van der Waals surface area contributed by atoms with Gasteiger partial charge in [-0.15, -0.1) is 0 Å². The third-order valence-electron chi connectivity index (χ3n) is 7.53. The van der Waals surface area contributed by atoms with E-state index in [0.29, 0.717) is 28.6 Å². The normalized spacial score (nSPS) is 32.4. The molecule has 4 atom stereocenters. The average molecular weight is 502 g/mol. The second-order valence-corrected chi connectivity index (χ2v) is 12.3. The lowest BCUT2D eigenvalue weighted by Crippen LogP contribution is -2.70. The highest BCUT2D eigenvalue weighted by molar-refractivity contribution is 7.93. The number of rotatable bonds is 4. The molecule has 186 valence electrons. The van der Waals surface area contributed by atoms with Crippen molar-refractivity contribution >= 4 is 38.4 Å². The number of nitrogens with one attached hydrogen (secondary N) is 3. The summed E-state index contributed by atoms with van der Waals surface area (Å²) < 4.78 is 46.0. The van der Waals surface area contributed by atoms with E-state index >= 15 is 4.39 Å². The second-order valence-electron chi connectivity index (χ2n) is 9.92. The minimum atomic E-state index is -3.71. The van der Waals surface area contributed by atoms with E-state index in [1.54, 1.807) is 33.0 Å². The van der Waals surface area contributed by atoms with Gasteiger partial charge in [0.2, 0.25) is 5.88 Å². The molecule has 0 radical (unpaired) electrons. The first-order chi connectivity index (χ1) is 16.5. The molecule has 1 saturated heterocycles. The van der Waals surface area contributed by atoms with Crippen LogP contribution in [0.5, 0.6) is 5.88 Å². The van der Waals surface area contributed by atoms with Crippen LogP contribution in [0.4, 0.5) is 10.2 Å². The smallest absolute Gasteiger partial charge is 0.232 e. The van der Waals surface area contributed by atoms with Crippen LogP contribution in [0.3, 0.4) is 0 Å². The van der Waals surface area contributed by atoms with Gasteiger partial charge < -0.3 is 15.4 Å². The van der Waals surface area contributed by atoms with E-state index in [0.717, 1.165) is 19.0 Å². The van der Waals surface area contributed by atoms with Gasteiger partial charge >= 0.3 is 0 Å². The van der Waals surface area contributed by atoms with Crippen molar-refractivity contribution in [3.05, 3.63) is 30.5 Å². The first-order valence-corrected chi connectivity index (χ1v) is 13.1. The van der Waals surface area contributed by atoms with Crippen LogP contribution in [-0.2, 0) is 9.84 Å². The number of sulfone groups is 1. The van der Waals surface area contributed by atoms with Crippen molar-refractivity contribution in [3.63, 3.8) is 0 Å². The molecular weight excluding hydrogens is 473 g/mol. The zero-order chi connectivity index (χ0) is 25.2. The minimum absolute atomic E-state index is 0.0642. The number of methoxy groups -OCH3 is 1. The van der Waals surface area contributed by atoms with E-state index < -0.39 is 37.8 Å². The molecule has 1 aliphatic carbocycles. The molecule has 0 spiro atoms. The lowest BCUT2D eigenvalue weighted by atomic mass is 9.75. The summed E-state index contributed by atoms with van der Waals surface area (Å²) in [5.41, 5.74) is -0.183. The molecule has 2 aromatic heterocycles. The highest BCUT2D eigenvalue weighted by atomic mass is 32.2. The number of hydrogen-bond donors (Lipinski definition) is 3. The first kappa shape index (κ1) is 23.6. The third kappa shape index (κ3) is 3.65. The van der Waals surface area contributed by atoms with Gasteiger partial charge in [0.1, 0.15) is 27.8 Å². The summed E-state index contributed by atoms with van der Waals surface area (Å²) in [5.74, 6) is -1.21. The molecule has 0 aromatic carbocycles. The summed E-state index contributed by atoms with van der Waals surface area (Å²) in [6, 6.07) is 1.70. The minimum Gasteiger partial charge on any atom is -0.480 e. The van der Waals surface area contributed by atoms with Crippen LogP contribution in [-0.4, -0.2) is 58.2 Å². The van der Waals surface area contributed by atoms with Gasteiger partial charge in [0.15, 0.2) is 15.7 Å².